The molecule has 2 aromatic rings. The third-order valence-corrected chi connectivity index (χ3v) is 4.29. The number of benzene rings is 2. The molecule has 3 rings (SSSR count). The van der Waals surface area contributed by atoms with Gasteiger partial charge in [0.15, 0.2) is 0 Å². The normalized spacial score (nSPS) is 13.2. The lowest BCUT2D eigenvalue weighted by atomic mass is 10.1. The van der Waals surface area contributed by atoms with Crippen LogP contribution < -0.4 is 10.2 Å². The van der Waals surface area contributed by atoms with Crippen molar-refractivity contribution in [3.63, 3.8) is 0 Å². The number of aryl methyl sites for hydroxylation is 2. The van der Waals surface area contributed by atoms with E-state index in [1.165, 1.54) is 11.0 Å². The van der Waals surface area contributed by atoms with Gasteiger partial charge in [-0.3, -0.25) is 14.4 Å². The maximum Gasteiger partial charge on any atom is 0.266 e. The molecular formula is C20H20N2O3. The number of rotatable bonds is 4. The third kappa shape index (κ3) is 2.93. The standard InChI is InChI=1S/C20H20N2O3/c1-4-9-21-18(23)14-7-8-15-16(11-14)20(25)22(19(15)24)17-10-12(2)5-6-13(17)3/h5-8,10-11H,4,9H2,1-3H3,(H,21,23). The number of hydrogen-bond donors (Lipinski definition) is 1. The zero-order valence-corrected chi connectivity index (χ0v) is 14.6. The second-order valence-electron chi connectivity index (χ2n) is 6.25. The van der Waals surface area contributed by atoms with Crippen molar-refractivity contribution in [3.05, 3.63) is 64.2 Å². The zero-order chi connectivity index (χ0) is 18.1. The minimum Gasteiger partial charge on any atom is -0.352 e. The van der Waals surface area contributed by atoms with E-state index >= 15 is 0 Å². The van der Waals surface area contributed by atoms with Gasteiger partial charge < -0.3 is 5.32 Å². The number of nitrogens with zero attached hydrogens (tertiary/aromatic N) is 1. The van der Waals surface area contributed by atoms with Crippen LogP contribution in [-0.4, -0.2) is 24.3 Å². The van der Waals surface area contributed by atoms with Crippen molar-refractivity contribution in [1.29, 1.82) is 0 Å². The van der Waals surface area contributed by atoms with E-state index < -0.39 is 0 Å². The predicted octanol–water partition coefficient (Wildman–Crippen LogP) is 3.24. The van der Waals surface area contributed by atoms with E-state index in [1.54, 1.807) is 12.1 Å². The Hall–Kier alpha value is -2.95. The van der Waals surface area contributed by atoms with Crippen LogP contribution in [0.5, 0.6) is 0 Å². The van der Waals surface area contributed by atoms with Gasteiger partial charge in [-0.25, -0.2) is 4.90 Å². The minimum atomic E-state index is -0.390. The van der Waals surface area contributed by atoms with Crippen molar-refractivity contribution in [3.8, 4) is 0 Å². The largest absolute Gasteiger partial charge is 0.352 e. The molecule has 0 fully saturated rings. The summed E-state index contributed by atoms with van der Waals surface area (Å²) in [6.07, 6.45) is 0.828. The summed E-state index contributed by atoms with van der Waals surface area (Å²) >= 11 is 0. The topological polar surface area (TPSA) is 66.5 Å². The van der Waals surface area contributed by atoms with Gasteiger partial charge in [0.2, 0.25) is 0 Å². The van der Waals surface area contributed by atoms with Gasteiger partial charge >= 0.3 is 0 Å². The lowest BCUT2D eigenvalue weighted by Gasteiger charge is -2.17. The van der Waals surface area contributed by atoms with Crippen LogP contribution in [0.25, 0.3) is 0 Å². The molecule has 3 amide bonds. The Bertz CT molecular complexity index is 887. The second kappa shape index (κ2) is 6.51. The lowest BCUT2D eigenvalue weighted by Crippen LogP contribution is -2.30. The number of carbonyl (C=O) groups is 3. The number of imide groups is 1. The molecule has 5 nitrogen and oxygen atoms in total. The molecule has 0 aliphatic carbocycles. The Balaban J connectivity index is 1.99. The number of nitrogens with one attached hydrogen (secondary N) is 1. The van der Waals surface area contributed by atoms with Crippen molar-refractivity contribution < 1.29 is 14.4 Å². The van der Waals surface area contributed by atoms with Gasteiger partial charge in [-0.2, -0.15) is 0 Å². The smallest absolute Gasteiger partial charge is 0.266 e. The van der Waals surface area contributed by atoms with E-state index in [9.17, 15) is 14.4 Å². The molecule has 1 aliphatic rings. The Kier molecular flexibility index (Phi) is 4.40. The van der Waals surface area contributed by atoms with Gasteiger partial charge in [-0.1, -0.05) is 19.1 Å². The van der Waals surface area contributed by atoms with E-state index in [4.69, 9.17) is 0 Å². The van der Waals surface area contributed by atoms with Crippen LogP contribution in [0.3, 0.4) is 0 Å². The van der Waals surface area contributed by atoms with Crippen LogP contribution in [-0.2, 0) is 0 Å². The van der Waals surface area contributed by atoms with Crippen molar-refractivity contribution in [2.45, 2.75) is 27.2 Å². The third-order valence-electron chi connectivity index (χ3n) is 4.29. The number of carbonyl (C=O) groups excluding carboxylic acids is 3. The molecule has 0 radical (unpaired) electrons. The van der Waals surface area contributed by atoms with Crippen molar-refractivity contribution in [1.82, 2.24) is 5.32 Å². The molecule has 0 bridgehead atoms. The van der Waals surface area contributed by atoms with E-state index in [0.717, 1.165) is 17.5 Å². The van der Waals surface area contributed by atoms with Crippen molar-refractivity contribution >= 4 is 23.4 Å². The van der Waals surface area contributed by atoms with Gasteiger partial charge in [0.25, 0.3) is 17.7 Å². The van der Waals surface area contributed by atoms with Crippen molar-refractivity contribution in [2.24, 2.45) is 0 Å². The number of amides is 3. The lowest BCUT2D eigenvalue weighted by molar-refractivity contribution is 0.0923. The fourth-order valence-electron chi connectivity index (χ4n) is 2.90. The molecule has 5 heteroatoms. The molecule has 0 unspecified atom stereocenters. The average molecular weight is 336 g/mol. The van der Waals surface area contributed by atoms with Crippen LogP contribution in [0.1, 0.15) is 55.5 Å². The molecule has 0 saturated heterocycles. The molecule has 2 aromatic carbocycles. The van der Waals surface area contributed by atoms with Gasteiger partial charge in [0, 0.05) is 12.1 Å². The second-order valence-corrected chi connectivity index (χ2v) is 6.25. The molecule has 0 spiro atoms. The monoisotopic (exact) mass is 336 g/mol. The molecule has 128 valence electrons. The van der Waals surface area contributed by atoms with Crippen molar-refractivity contribution in [2.75, 3.05) is 11.4 Å². The Morgan fingerprint density at radius 2 is 1.72 bits per heavy atom. The van der Waals surface area contributed by atoms with Gasteiger partial charge in [-0.15, -0.1) is 0 Å². The fraction of sp³-hybridized carbons (Fsp3) is 0.250. The first-order valence-electron chi connectivity index (χ1n) is 8.32. The fourth-order valence-corrected chi connectivity index (χ4v) is 2.90. The van der Waals surface area contributed by atoms with Crippen LogP contribution in [0.15, 0.2) is 36.4 Å². The summed E-state index contributed by atoms with van der Waals surface area (Å²) in [5.74, 6) is -0.983. The van der Waals surface area contributed by atoms with Crippen LogP contribution in [0.4, 0.5) is 5.69 Å². The molecule has 0 atom stereocenters. The van der Waals surface area contributed by atoms with E-state index in [1.807, 2.05) is 39.0 Å². The van der Waals surface area contributed by atoms with Crippen LogP contribution >= 0.6 is 0 Å². The minimum absolute atomic E-state index is 0.241. The Morgan fingerprint density at radius 3 is 2.44 bits per heavy atom. The molecule has 0 saturated carbocycles. The summed E-state index contributed by atoms with van der Waals surface area (Å²) < 4.78 is 0. The Labute approximate surface area is 146 Å². The highest BCUT2D eigenvalue weighted by Crippen LogP contribution is 2.31. The molecule has 25 heavy (non-hydrogen) atoms. The molecule has 1 heterocycles. The summed E-state index contributed by atoms with van der Waals surface area (Å²) in [5, 5.41) is 2.78. The Morgan fingerprint density at radius 1 is 1.00 bits per heavy atom. The van der Waals surface area contributed by atoms with Crippen LogP contribution in [0, 0.1) is 13.8 Å². The molecular weight excluding hydrogens is 316 g/mol. The molecule has 1 N–H and O–H groups in total. The molecule has 0 aromatic heterocycles. The summed E-state index contributed by atoms with van der Waals surface area (Å²) in [5.41, 5.74) is 3.39. The summed E-state index contributed by atoms with van der Waals surface area (Å²) in [4.78, 5) is 38.9. The number of hydrogen-bond acceptors (Lipinski definition) is 3. The first kappa shape index (κ1) is 16.9. The average Bonchev–Trinajstić information content (AvgIpc) is 2.85. The summed E-state index contributed by atoms with van der Waals surface area (Å²) in [6.45, 7) is 6.31. The van der Waals surface area contributed by atoms with Crippen LogP contribution in [0.2, 0.25) is 0 Å². The van der Waals surface area contributed by atoms with E-state index in [2.05, 4.69) is 5.32 Å². The predicted molar refractivity (Wildman–Crippen MR) is 96.1 cm³/mol. The maximum atomic E-state index is 12.8. The van der Waals surface area contributed by atoms with E-state index in [-0.39, 0.29) is 23.3 Å². The molecule has 1 aliphatic heterocycles. The highest BCUT2D eigenvalue weighted by Gasteiger charge is 2.37. The summed E-state index contributed by atoms with van der Waals surface area (Å²) in [7, 11) is 0. The van der Waals surface area contributed by atoms with Gasteiger partial charge in [0.05, 0.1) is 16.8 Å². The quantitative estimate of drug-likeness (QED) is 0.872. The first-order chi connectivity index (χ1) is 11.9. The number of anilines is 1. The first-order valence-corrected chi connectivity index (χ1v) is 8.32. The summed E-state index contributed by atoms with van der Waals surface area (Å²) in [6, 6.07) is 10.3. The van der Waals surface area contributed by atoms with Gasteiger partial charge in [-0.05, 0) is 55.7 Å². The highest BCUT2D eigenvalue weighted by atomic mass is 16.2. The van der Waals surface area contributed by atoms with Gasteiger partial charge in [0.1, 0.15) is 0 Å². The SMILES string of the molecule is CCCNC(=O)c1ccc2c(c1)C(=O)N(c1cc(C)ccc1C)C2=O. The highest BCUT2D eigenvalue weighted by molar-refractivity contribution is 6.35. The zero-order valence-electron chi connectivity index (χ0n) is 14.6. The number of fused-ring (bicyclic) bond motifs is 1. The maximum absolute atomic E-state index is 12.8. The van der Waals surface area contributed by atoms with E-state index in [0.29, 0.717) is 23.4 Å².